The minimum absolute atomic E-state index is 0.0461. The fourth-order valence-corrected chi connectivity index (χ4v) is 3.30. The molecule has 0 aliphatic rings. The number of allylic oxidation sites excluding steroid dienone is 1. The van der Waals surface area contributed by atoms with Crippen LogP contribution in [0.25, 0.3) is 11.6 Å². The van der Waals surface area contributed by atoms with E-state index in [0.29, 0.717) is 14.5 Å². The minimum atomic E-state index is -0.207. The van der Waals surface area contributed by atoms with Crippen molar-refractivity contribution >= 4 is 49.3 Å². The summed E-state index contributed by atoms with van der Waals surface area (Å²) in [7, 11) is 0. The molecule has 0 aliphatic carbocycles. The van der Waals surface area contributed by atoms with Crippen LogP contribution in [0.5, 0.6) is 5.75 Å². The van der Waals surface area contributed by atoms with Crippen LogP contribution in [0.15, 0.2) is 21.1 Å². The Morgan fingerprint density at radius 3 is 2.67 bits per heavy atom. The minimum Gasteiger partial charge on any atom is -0.506 e. The van der Waals surface area contributed by atoms with Gasteiger partial charge in [0, 0.05) is 10.0 Å². The van der Waals surface area contributed by atoms with Gasteiger partial charge in [0.15, 0.2) is 0 Å². The molecule has 0 unspecified atom stereocenters. The number of aliphatic hydroxyl groups is 1. The first kappa shape index (κ1) is 18.0. The van der Waals surface area contributed by atoms with Crippen LogP contribution < -0.4 is 5.73 Å². The first-order chi connectivity index (χ1) is 11.4. The number of aromatic nitrogens is 2. The summed E-state index contributed by atoms with van der Waals surface area (Å²) in [4.78, 5) is 0. The molecule has 0 amide bonds. The van der Waals surface area contributed by atoms with Gasteiger partial charge in [-0.15, -0.1) is 0 Å². The Labute approximate surface area is 154 Å². The van der Waals surface area contributed by atoms with Crippen molar-refractivity contribution in [3.05, 3.63) is 37.9 Å². The average molecular weight is 453 g/mol. The number of rotatable bonds is 4. The van der Waals surface area contributed by atoms with Crippen LogP contribution in [0.1, 0.15) is 16.8 Å². The van der Waals surface area contributed by atoms with Gasteiger partial charge in [0.1, 0.15) is 35.0 Å². The molecule has 0 saturated heterocycles. The van der Waals surface area contributed by atoms with Crippen molar-refractivity contribution in [2.24, 2.45) is 0 Å². The van der Waals surface area contributed by atoms with E-state index in [9.17, 15) is 15.6 Å². The molecule has 0 saturated carbocycles. The Hall–Kier alpha value is -2.33. The Balaban J connectivity index is 2.64. The number of nitrogens with zero attached hydrogens (tertiary/aromatic N) is 4. The number of nitrogens with two attached hydrogens (primary N) is 1. The van der Waals surface area contributed by atoms with Gasteiger partial charge in [0.25, 0.3) is 0 Å². The Bertz CT molecular complexity index is 906. The van der Waals surface area contributed by atoms with Crippen molar-refractivity contribution in [3.8, 4) is 17.9 Å². The van der Waals surface area contributed by atoms with Crippen LogP contribution in [0.4, 0.5) is 5.82 Å². The molecule has 2 rings (SSSR count). The number of aliphatic hydroxyl groups excluding tert-OH is 1. The standard InChI is InChI=1S/C15H11Br2N5O2/c16-10-4-8(14(24)12(17)5-10)3-9(6-18)13-11(7-19)15(20)22(21-13)1-2-23/h3-5,23-24H,1-2,20H2/b9-3+. The van der Waals surface area contributed by atoms with E-state index in [2.05, 4.69) is 37.0 Å². The van der Waals surface area contributed by atoms with Gasteiger partial charge in [-0.05, 0) is 34.1 Å². The van der Waals surface area contributed by atoms with Crippen LogP contribution in [0.2, 0.25) is 0 Å². The van der Waals surface area contributed by atoms with Crippen molar-refractivity contribution in [2.75, 3.05) is 12.3 Å². The highest BCUT2D eigenvalue weighted by Gasteiger charge is 2.19. The Morgan fingerprint density at radius 2 is 2.08 bits per heavy atom. The molecule has 24 heavy (non-hydrogen) atoms. The van der Waals surface area contributed by atoms with Gasteiger partial charge in [-0.25, -0.2) is 4.68 Å². The maximum absolute atomic E-state index is 10.1. The van der Waals surface area contributed by atoms with Gasteiger partial charge in [-0.2, -0.15) is 15.6 Å². The molecule has 0 radical (unpaired) electrons. The summed E-state index contributed by atoms with van der Waals surface area (Å²) in [5.41, 5.74) is 6.41. The number of phenolic OH excluding ortho intramolecular Hbond substituents is 1. The van der Waals surface area contributed by atoms with Crippen LogP contribution in [-0.2, 0) is 6.54 Å². The number of nitriles is 2. The molecule has 7 nitrogen and oxygen atoms in total. The highest BCUT2D eigenvalue weighted by atomic mass is 79.9. The fourth-order valence-electron chi connectivity index (χ4n) is 2.04. The van der Waals surface area contributed by atoms with E-state index in [1.165, 1.54) is 10.8 Å². The van der Waals surface area contributed by atoms with Crippen molar-refractivity contribution in [3.63, 3.8) is 0 Å². The third kappa shape index (κ3) is 3.44. The first-order valence-corrected chi connectivity index (χ1v) is 8.19. The molecule has 0 atom stereocenters. The molecule has 0 bridgehead atoms. The maximum Gasteiger partial charge on any atom is 0.140 e. The predicted octanol–water partition coefficient (Wildman–Crippen LogP) is 2.62. The molecule has 122 valence electrons. The highest BCUT2D eigenvalue weighted by Crippen LogP contribution is 2.34. The summed E-state index contributed by atoms with van der Waals surface area (Å²) >= 11 is 6.52. The zero-order valence-corrected chi connectivity index (χ0v) is 15.3. The first-order valence-electron chi connectivity index (χ1n) is 6.60. The second-order valence-corrected chi connectivity index (χ2v) is 6.43. The van der Waals surface area contributed by atoms with Gasteiger partial charge in [-0.3, -0.25) is 0 Å². The number of aromatic hydroxyl groups is 1. The summed E-state index contributed by atoms with van der Waals surface area (Å²) in [6, 6.07) is 7.17. The monoisotopic (exact) mass is 451 g/mol. The van der Waals surface area contributed by atoms with E-state index in [1.807, 2.05) is 12.1 Å². The lowest BCUT2D eigenvalue weighted by atomic mass is 10.1. The normalized spacial score (nSPS) is 11.1. The molecule has 2 aromatic rings. The Kier molecular flexibility index (Phi) is 5.62. The number of halogens is 2. The highest BCUT2D eigenvalue weighted by molar-refractivity contribution is 9.11. The largest absolute Gasteiger partial charge is 0.506 e. The van der Waals surface area contributed by atoms with Gasteiger partial charge in [0.05, 0.1) is 23.2 Å². The van der Waals surface area contributed by atoms with Crippen molar-refractivity contribution < 1.29 is 10.2 Å². The molecular formula is C15H11Br2N5O2. The van der Waals surface area contributed by atoms with E-state index < -0.39 is 0 Å². The summed E-state index contributed by atoms with van der Waals surface area (Å²) in [5, 5.41) is 42.0. The second-order valence-electron chi connectivity index (χ2n) is 4.66. The lowest BCUT2D eigenvalue weighted by molar-refractivity contribution is 0.270. The third-order valence-corrected chi connectivity index (χ3v) is 4.21. The van der Waals surface area contributed by atoms with Gasteiger partial charge < -0.3 is 15.9 Å². The summed E-state index contributed by atoms with van der Waals surface area (Å²) in [5.74, 6) is 0.0227. The topological polar surface area (TPSA) is 132 Å². The average Bonchev–Trinajstić information content (AvgIpc) is 2.85. The zero-order chi connectivity index (χ0) is 17.9. The molecule has 0 spiro atoms. The molecule has 9 heteroatoms. The molecular weight excluding hydrogens is 442 g/mol. The van der Waals surface area contributed by atoms with Gasteiger partial charge in [0.2, 0.25) is 0 Å². The molecule has 1 aromatic carbocycles. The van der Waals surface area contributed by atoms with E-state index in [0.717, 1.165) is 0 Å². The van der Waals surface area contributed by atoms with Crippen molar-refractivity contribution in [2.45, 2.75) is 6.54 Å². The van der Waals surface area contributed by atoms with Crippen LogP contribution in [0.3, 0.4) is 0 Å². The lowest BCUT2D eigenvalue weighted by Gasteiger charge is -2.04. The maximum atomic E-state index is 10.1. The third-order valence-electron chi connectivity index (χ3n) is 3.15. The molecule has 1 heterocycles. The summed E-state index contributed by atoms with van der Waals surface area (Å²) in [6.45, 7) is -0.103. The smallest absolute Gasteiger partial charge is 0.140 e. The van der Waals surface area contributed by atoms with Crippen molar-refractivity contribution in [1.82, 2.24) is 9.78 Å². The van der Waals surface area contributed by atoms with Crippen LogP contribution in [0, 0.1) is 22.7 Å². The fraction of sp³-hybridized carbons (Fsp3) is 0.133. The number of hydrogen-bond acceptors (Lipinski definition) is 6. The lowest BCUT2D eigenvalue weighted by Crippen LogP contribution is -2.07. The number of phenols is 1. The van der Waals surface area contributed by atoms with Crippen LogP contribution in [-0.4, -0.2) is 26.6 Å². The molecule has 4 N–H and O–H groups in total. The van der Waals surface area contributed by atoms with Gasteiger partial charge >= 0.3 is 0 Å². The number of benzene rings is 1. The zero-order valence-electron chi connectivity index (χ0n) is 12.2. The van der Waals surface area contributed by atoms with Gasteiger partial charge in [-0.1, -0.05) is 15.9 Å². The number of anilines is 1. The van der Waals surface area contributed by atoms with E-state index in [1.54, 1.807) is 12.1 Å². The van der Waals surface area contributed by atoms with E-state index >= 15 is 0 Å². The van der Waals surface area contributed by atoms with E-state index in [4.69, 9.17) is 10.8 Å². The second kappa shape index (κ2) is 7.49. The SMILES string of the molecule is N#C/C(=C\c1cc(Br)cc(Br)c1O)c1nn(CCO)c(N)c1C#N. The number of nitrogen functional groups attached to an aromatic ring is 1. The quantitative estimate of drug-likeness (QED) is 0.610. The molecule has 0 aliphatic heterocycles. The molecule has 1 aromatic heterocycles. The molecule has 0 fully saturated rings. The summed E-state index contributed by atoms with van der Waals surface area (Å²) < 4.78 is 2.41. The summed E-state index contributed by atoms with van der Waals surface area (Å²) in [6.07, 6.45) is 1.41. The van der Waals surface area contributed by atoms with E-state index in [-0.39, 0.29) is 41.5 Å². The predicted molar refractivity (Wildman–Crippen MR) is 95.4 cm³/mol. The number of hydrogen-bond donors (Lipinski definition) is 3. The Morgan fingerprint density at radius 1 is 1.38 bits per heavy atom. The van der Waals surface area contributed by atoms with Crippen LogP contribution >= 0.6 is 31.9 Å². The van der Waals surface area contributed by atoms with Crippen molar-refractivity contribution in [1.29, 1.82) is 10.5 Å².